The predicted octanol–water partition coefficient (Wildman–Crippen LogP) is 2.74. The second-order valence-corrected chi connectivity index (χ2v) is 6.08. The molecular weight excluding hydrogens is 256 g/mol. The normalized spacial score (nSPS) is 23.1. The standard InChI is InChI=1S/C19H24N2/c1-21-15-18(12-16-8-4-2-5-9-16)20-14-19(21)13-17-10-6-3-7-11-17/h2-11,18-20H,12-15H2,1H3. The van der Waals surface area contributed by atoms with Crippen LogP contribution in [-0.4, -0.2) is 37.1 Å². The highest BCUT2D eigenvalue weighted by atomic mass is 15.2. The molecule has 2 unspecified atom stereocenters. The summed E-state index contributed by atoms with van der Waals surface area (Å²) < 4.78 is 0. The summed E-state index contributed by atoms with van der Waals surface area (Å²) in [6.07, 6.45) is 2.24. The molecule has 1 aliphatic rings. The van der Waals surface area contributed by atoms with Gasteiger partial charge in [0.1, 0.15) is 0 Å². The molecule has 21 heavy (non-hydrogen) atoms. The molecule has 0 bridgehead atoms. The SMILES string of the molecule is CN1CC(Cc2ccccc2)NCC1Cc1ccccc1. The fourth-order valence-corrected chi connectivity index (χ4v) is 3.17. The van der Waals surface area contributed by atoms with E-state index in [1.807, 2.05) is 0 Å². The highest BCUT2D eigenvalue weighted by molar-refractivity contribution is 5.18. The van der Waals surface area contributed by atoms with Crippen molar-refractivity contribution in [3.05, 3.63) is 71.8 Å². The molecule has 0 amide bonds. The van der Waals surface area contributed by atoms with Crippen molar-refractivity contribution in [3.63, 3.8) is 0 Å². The van der Waals surface area contributed by atoms with Gasteiger partial charge in [0.15, 0.2) is 0 Å². The maximum atomic E-state index is 3.73. The average molecular weight is 280 g/mol. The van der Waals surface area contributed by atoms with Crippen LogP contribution in [0.15, 0.2) is 60.7 Å². The second-order valence-electron chi connectivity index (χ2n) is 6.08. The molecule has 1 heterocycles. The van der Waals surface area contributed by atoms with Crippen LogP contribution in [0, 0.1) is 0 Å². The van der Waals surface area contributed by atoms with E-state index < -0.39 is 0 Å². The van der Waals surface area contributed by atoms with Crippen molar-refractivity contribution in [1.82, 2.24) is 10.2 Å². The molecule has 1 N–H and O–H groups in total. The third kappa shape index (κ3) is 3.93. The Labute approximate surface area is 127 Å². The number of hydrogen-bond donors (Lipinski definition) is 1. The molecule has 2 aromatic carbocycles. The summed E-state index contributed by atoms with van der Waals surface area (Å²) in [5.41, 5.74) is 2.85. The van der Waals surface area contributed by atoms with Gasteiger partial charge in [-0.2, -0.15) is 0 Å². The van der Waals surface area contributed by atoms with E-state index >= 15 is 0 Å². The van der Waals surface area contributed by atoms with Crippen LogP contribution in [0.2, 0.25) is 0 Å². The van der Waals surface area contributed by atoms with Gasteiger partial charge in [-0.25, -0.2) is 0 Å². The van der Waals surface area contributed by atoms with Gasteiger partial charge in [0.25, 0.3) is 0 Å². The van der Waals surface area contributed by atoms with Crippen molar-refractivity contribution in [2.24, 2.45) is 0 Å². The molecule has 110 valence electrons. The zero-order valence-corrected chi connectivity index (χ0v) is 12.7. The van der Waals surface area contributed by atoms with Gasteiger partial charge in [-0.15, -0.1) is 0 Å². The molecule has 0 aromatic heterocycles. The van der Waals surface area contributed by atoms with Crippen molar-refractivity contribution < 1.29 is 0 Å². The molecule has 2 aromatic rings. The number of hydrogen-bond acceptors (Lipinski definition) is 2. The Morgan fingerprint density at radius 1 is 0.905 bits per heavy atom. The van der Waals surface area contributed by atoms with Crippen molar-refractivity contribution in [2.45, 2.75) is 24.9 Å². The van der Waals surface area contributed by atoms with Crippen LogP contribution in [0.5, 0.6) is 0 Å². The van der Waals surface area contributed by atoms with Gasteiger partial charge >= 0.3 is 0 Å². The predicted molar refractivity (Wildman–Crippen MR) is 88.5 cm³/mol. The Morgan fingerprint density at radius 3 is 2.05 bits per heavy atom. The van der Waals surface area contributed by atoms with Crippen LogP contribution in [0.1, 0.15) is 11.1 Å². The fraction of sp³-hybridized carbons (Fsp3) is 0.368. The first-order valence-electron chi connectivity index (χ1n) is 7.83. The van der Waals surface area contributed by atoms with Crippen molar-refractivity contribution >= 4 is 0 Å². The van der Waals surface area contributed by atoms with E-state index in [-0.39, 0.29) is 0 Å². The smallest absolute Gasteiger partial charge is 0.0258 e. The van der Waals surface area contributed by atoms with Gasteiger partial charge in [0.2, 0.25) is 0 Å². The minimum absolute atomic E-state index is 0.560. The molecule has 0 radical (unpaired) electrons. The lowest BCUT2D eigenvalue weighted by molar-refractivity contribution is 0.162. The van der Waals surface area contributed by atoms with E-state index in [4.69, 9.17) is 0 Å². The third-order valence-electron chi connectivity index (χ3n) is 4.41. The average Bonchev–Trinajstić information content (AvgIpc) is 2.52. The zero-order chi connectivity index (χ0) is 14.5. The van der Waals surface area contributed by atoms with Gasteiger partial charge in [-0.05, 0) is 31.0 Å². The molecule has 2 atom stereocenters. The lowest BCUT2D eigenvalue weighted by atomic mass is 9.98. The number of benzene rings is 2. The number of piperazine rings is 1. The van der Waals surface area contributed by atoms with Crippen molar-refractivity contribution in [2.75, 3.05) is 20.1 Å². The Kier molecular flexibility index (Phi) is 4.69. The Balaban J connectivity index is 1.54. The maximum Gasteiger partial charge on any atom is 0.0258 e. The van der Waals surface area contributed by atoms with Crippen molar-refractivity contribution in [1.29, 1.82) is 0 Å². The lowest BCUT2D eigenvalue weighted by Crippen LogP contribution is -2.56. The van der Waals surface area contributed by atoms with E-state index in [9.17, 15) is 0 Å². The second kappa shape index (κ2) is 6.88. The number of nitrogens with one attached hydrogen (secondary N) is 1. The number of likely N-dealkylation sites (N-methyl/N-ethyl adjacent to an activating group) is 1. The molecule has 0 saturated carbocycles. The summed E-state index contributed by atoms with van der Waals surface area (Å²) in [4.78, 5) is 2.51. The summed E-state index contributed by atoms with van der Waals surface area (Å²) in [5, 5.41) is 3.73. The largest absolute Gasteiger partial charge is 0.311 e. The lowest BCUT2D eigenvalue weighted by Gasteiger charge is -2.38. The van der Waals surface area contributed by atoms with Gasteiger partial charge in [-0.1, -0.05) is 60.7 Å². The molecule has 2 nitrogen and oxygen atoms in total. The van der Waals surface area contributed by atoms with Gasteiger partial charge in [0, 0.05) is 25.2 Å². The molecule has 2 heteroatoms. The highest BCUT2D eigenvalue weighted by Gasteiger charge is 2.25. The van der Waals surface area contributed by atoms with Crippen LogP contribution in [0.4, 0.5) is 0 Å². The van der Waals surface area contributed by atoms with E-state index in [0.29, 0.717) is 12.1 Å². The first-order chi connectivity index (χ1) is 10.3. The van der Waals surface area contributed by atoms with Crippen LogP contribution >= 0.6 is 0 Å². The number of rotatable bonds is 4. The summed E-state index contributed by atoms with van der Waals surface area (Å²) in [6, 6.07) is 22.7. The summed E-state index contributed by atoms with van der Waals surface area (Å²) in [6.45, 7) is 2.19. The first kappa shape index (κ1) is 14.3. The van der Waals surface area contributed by atoms with Crippen LogP contribution in [0.3, 0.4) is 0 Å². The summed E-state index contributed by atoms with van der Waals surface area (Å²) in [7, 11) is 2.26. The molecule has 0 spiro atoms. The molecule has 1 fully saturated rings. The molecule has 0 aliphatic carbocycles. The minimum Gasteiger partial charge on any atom is -0.311 e. The van der Waals surface area contributed by atoms with Gasteiger partial charge in [0.05, 0.1) is 0 Å². The highest BCUT2D eigenvalue weighted by Crippen LogP contribution is 2.13. The maximum absolute atomic E-state index is 3.73. The van der Waals surface area contributed by atoms with E-state index in [1.165, 1.54) is 11.1 Å². The van der Waals surface area contributed by atoms with Crippen LogP contribution in [-0.2, 0) is 12.8 Å². The van der Waals surface area contributed by atoms with E-state index in [1.54, 1.807) is 0 Å². The molecular formula is C19H24N2. The Hall–Kier alpha value is -1.64. The zero-order valence-electron chi connectivity index (χ0n) is 12.7. The first-order valence-corrected chi connectivity index (χ1v) is 7.83. The summed E-state index contributed by atoms with van der Waals surface area (Å²) in [5.74, 6) is 0. The molecule has 1 saturated heterocycles. The van der Waals surface area contributed by atoms with Crippen LogP contribution in [0.25, 0.3) is 0 Å². The number of nitrogens with zero attached hydrogens (tertiary/aromatic N) is 1. The third-order valence-corrected chi connectivity index (χ3v) is 4.41. The Bertz CT molecular complexity index is 538. The topological polar surface area (TPSA) is 15.3 Å². The monoisotopic (exact) mass is 280 g/mol. The quantitative estimate of drug-likeness (QED) is 0.926. The van der Waals surface area contributed by atoms with Gasteiger partial charge in [-0.3, -0.25) is 0 Å². The van der Waals surface area contributed by atoms with Crippen LogP contribution < -0.4 is 5.32 Å². The van der Waals surface area contributed by atoms with Gasteiger partial charge < -0.3 is 10.2 Å². The molecule has 3 rings (SSSR count). The van der Waals surface area contributed by atoms with E-state index in [0.717, 1.165) is 25.9 Å². The minimum atomic E-state index is 0.560. The fourth-order valence-electron chi connectivity index (χ4n) is 3.17. The van der Waals surface area contributed by atoms with Crippen molar-refractivity contribution in [3.8, 4) is 0 Å². The van der Waals surface area contributed by atoms with E-state index in [2.05, 4.69) is 77.9 Å². The Morgan fingerprint density at radius 2 is 1.48 bits per heavy atom. The molecule has 1 aliphatic heterocycles. The summed E-state index contributed by atoms with van der Waals surface area (Å²) >= 11 is 0.